The average Bonchev–Trinajstić information content (AvgIpc) is 3.35. The number of nitrogens with zero attached hydrogens (tertiary/aromatic N) is 2. The summed E-state index contributed by atoms with van der Waals surface area (Å²) in [5.74, 6) is -0.0313. The average molecular weight is 477 g/mol. The third-order valence-corrected chi connectivity index (χ3v) is 10.5. The van der Waals surface area contributed by atoms with Gasteiger partial charge in [0.1, 0.15) is 12.2 Å². The largest absolute Gasteiger partial charge is 0.393 e. The van der Waals surface area contributed by atoms with Crippen molar-refractivity contribution < 1.29 is 20.1 Å². The van der Waals surface area contributed by atoms with Crippen LogP contribution in [0.4, 0.5) is 0 Å². The van der Waals surface area contributed by atoms with E-state index < -0.39 is 29.5 Å². The fraction of sp³-hybridized carbons (Fsp3) is 0.586. The first-order valence-corrected chi connectivity index (χ1v) is 13.0. The molecule has 7 atom stereocenters. The second-order valence-corrected chi connectivity index (χ2v) is 12.1. The molecule has 0 radical (unpaired) electrons. The van der Waals surface area contributed by atoms with Gasteiger partial charge in [0.2, 0.25) is 0 Å². The van der Waals surface area contributed by atoms with Gasteiger partial charge in [0, 0.05) is 5.41 Å². The van der Waals surface area contributed by atoms with Gasteiger partial charge in [0.15, 0.2) is 5.78 Å². The van der Waals surface area contributed by atoms with Crippen LogP contribution in [-0.4, -0.2) is 49.2 Å². The molecular weight excluding hydrogens is 440 g/mol. The molecule has 4 aliphatic carbocycles. The molecule has 35 heavy (non-hydrogen) atoms. The zero-order valence-electron chi connectivity index (χ0n) is 20.9. The zero-order chi connectivity index (χ0) is 24.8. The summed E-state index contributed by atoms with van der Waals surface area (Å²) in [6.45, 7) is 5.70. The first kappa shape index (κ1) is 23.1. The summed E-state index contributed by atoms with van der Waals surface area (Å²) < 4.78 is 2.03. The number of carbonyl (C=O) groups excluding carboxylic acids is 1. The number of carbonyl (C=O) groups is 1. The second-order valence-electron chi connectivity index (χ2n) is 12.1. The monoisotopic (exact) mass is 476 g/mol. The molecule has 0 saturated heterocycles. The number of fused-ring (bicyclic) bond motifs is 6. The smallest absolute Gasteiger partial charge is 0.190 e. The van der Waals surface area contributed by atoms with Crippen LogP contribution in [0.5, 0.6) is 0 Å². The van der Waals surface area contributed by atoms with E-state index in [-0.39, 0.29) is 23.2 Å². The van der Waals surface area contributed by atoms with E-state index >= 15 is 0 Å². The molecule has 2 aromatic rings. The molecule has 1 aromatic carbocycles. The van der Waals surface area contributed by atoms with Gasteiger partial charge in [-0.1, -0.05) is 37.1 Å². The Kier molecular flexibility index (Phi) is 5.03. The third kappa shape index (κ3) is 3.00. The molecule has 0 amide bonds. The molecule has 0 bridgehead atoms. The standard InChI is InChI=1S/C29H36N2O4/c1-17-4-7-20(8-5-17)31-23-12-19-6-9-21-22-10-11-29(35,25(34)16-32)28(22,3)14-24(33)26(21)27(19,2)13-18(23)15-30-31/h4-5,7-8,12,15,21-22,24,26,32-33,35H,6,9-11,13-14,16H2,1-3H3/t21-,22-,24-,26+,27-,28-,29-/m0/s1. The summed E-state index contributed by atoms with van der Waals surface area (Å²) in [5.41, 5.74) is 3.55. The number of hydrogen-bond acceptors (Lipinski definition) is 5. The maximum Gasteiger partial charge on any atom is 0.190 e. The van der Waals surface area contributed by atoms with E-state index in [0.717, 1.165) is 37.1 Å². The lowest BCUT2D eigenvalue weighted by molar-refractivity contribution is -0.181. The molecule has 3 saturated carbocycles. The van der Waals surface area contributed by atoms with E-state index in [4.69, 9.17) is 5.10 Å². The number of hydrogen-bond donors (Lipinski definition) is 3. The lowest BCUT2D eigenvalue weighted by atomic mass is 9.45. The Hall–Kier alpha value is -2.28. The van der Waals surface area contributed by atoms with E-state index in [0.29, 0.717) is 12.8 Å². The molecule has 0 spiro atoms. The lowest BCUT2D eigenvalue weighted by Crippen LogP contribution is -2.62. The summed E-state index contributed by atoms with van der Waals surface area (Å²) in [6, 6.07) is 8.42. The molecule has 1 heterocycles. The maximum absolute atomic E-state index is 12.6. The Balaban J connectivity index is 1.37. The molecule has 3 N–H and O–H groups in total. The fourth-order valence-electron chi connectivity index (χ4n) is 8.67. The van der Waals surface area contributed by atoms with Gasteiger partial charge in [-0.05, 0) is 92.4 Å². The SMILES string of the molecule is Cc1ccc(-n2ncc3c2C=C2CC[C@@H]4[C@H]([C@@H](O)C[C@@]5(C)[C@H]4CC[C@]5(O)C(=O)CO)[C@@]2(C)C3)cc1. The van der Waals surface area contributed by atoms with E-state index in [1.165, 1.54) is 16.7 Å². The summed E-state index contributed by atoms with van der Waals surface area (Å²) >= 11 is 0. The highest BCUT2D eigenvalue weighted by molar-refractivity contribution is 5.89. The van der Waals surface area contributed by atoms with Crippen molar-refractivity contribution in [3.63, 3.8) is 0 Å². The molecule has 186 valence electrons. The van der Waals surface area contributed by atoms with Crippen molar-refractivity contribution in [2.45, 2.75) is 71.0 Å². The van der Waals surface area contributed by atoms with E-state index in [2.05, 4.69) is 44.2 Å². The molecule has 6 nitrogen and oxygen atoms in total. The van der Waals surface area contributed by atoms with Crippen molar-refractivity contribution in [3.8, 4) is 5.69 Å². The minimum absolute atomic E-state index is 0.0722. The topological polar surface area (TPSA) is 95.6 Å². The summed E-state index contributed by atoms with van der Waals surface area (Å²) in [6.07, 6.45) is 7.92. The third-order valence-electron chi connectivity index (χ3n) is 10.5. The Morgan fingerprint density at radius 3 is 2.66 bits per heavy atom. The van der Waals surface area contributed by atoms with Gasteiger partial charge in [-0.15, -0.1) is 0 Å². The molecule has 0 unspecified atom stereocenters. The number of aliphatic hydroxyl groups is 3. The number of aromatic nitrogens is 2. The number of Topliss-reactive ketones (excluding diaryl/α,β-unsaturated/α-hetero) is 1. The molecule has 0 aliphatic heterocycles. The summed E-state index contributed by atoms with van der Waals surface area (Å²) in [5, 5.41) is 37.4. The van der Waals surface area contributed by atoms with Crippen molar-refractivity contribution in [3.05, 3.63) is 52.9 Å². The lowest BCUT2D eigenvalue weighted by Gasteiger charge is -2.60. The first-order chi connectivity index (χ1) is 16.6. The highest BCUT2D eigenvalue weighted by Gasteiger charge is 2.68. The minimum atomic E-state index is -1.55. The molecule has 4 aliphatic rings. The van der Waals surface area contributed by atoms with Crippen LogP contribution in [-0.2, 0) is 11.2 Å². The van der Waals surface area contributed by atoms with Gasteiger partial charge in [-0.25, -0.2) is 4.68 Å². The predicted molar refractivity (Wildman–Crippen MR) is 133 cm³/mol. The van der Waals surface area contributed by atoms with Crippen molar-refractivity contribution >= 4 is 11.9 Å². The Bertz CT molecular complexity index is 1220. The van der Waals surface area contributed by atoms with Gasteiger partial charge in [0.25, 0.3) is 0 Å². The van der Waals surface area contributed by atoms with Crippen molar-refractivity contribution in [2.24, 2.45) is 28.6 Å². The number of aryl methyl sites for hydroxylation is 1. The van der Waals surface area contributed by atoms with Crippen LogP contribution in [0.15, 0.2) is 36.0 Å². The van der Waals surface area contributed by atoms with Crippen LogP contribution in [0.2, 0.25) is 0 Å². The molecular formula is C29H36N2O4. The summed E-state index contributed by atoms with van der Waals surface area (Å²) in [7, 11) is 0. The van der Waals surface area contributed by atoms with Gasteiger partial charge in [-0.3, -0.25) is 4.79 Å². The molecule has 1 aromatic heterocycles. The van der Waals surface area contributed by atoms with E-state index in [9.17, 15) is 20.1 Å². The number of ketones is 1. The number of benzene rings is 1. The zero-order valence-corrected chi connectivity index (χ0v) is 20.9. The Morgan fingerprint density at radius 1 is 1.20 bits per heavy atom. The summed E-state index contributed by atoms with van der Waals surface area (Å²) in [4.78, 5) is 12.6. The van der Waals surface area contributed by atoms with Crippen LogP contribution < -0.4 is 0 Å². The minimum Gasteiger partial charge on any atom is -0.393 e. The van der Waals surface area contributed by atoms with Gasteiger partial charge >= 0.3 is 0 Å². The van der Waals surface area contributed by atoms with E-state index in [1.54, 1.807) is 0 Å². The molecule has 6 heteroatoms. The maximum atomic E-state index is 12.6. The molecule has 3 fully saturated rings. The van der Waals surface area contributed by atoms with E-state index in [1.807, 2.05) is 17.8 Å². The van der Waals surface area contributed by atoms with Crippen LogP contribution in [0.25, 0.3) is 11.8 Å². The Labute approximate surface area is 206 Å². The van der Waals surface area contributed by atoms with Crippen molar-refractivity contribution in [2.75, 3.05) is 6.61 Å². The first-order valence-electron chi connectivity index (χ1n) is 13.0. The highest BCUT2D eigenvalue weighted by Crippen LogP contribution is 2.67. The quantitative estimate of drug-likeness (QED) is 0.629. The second kappa shape index (κ2) is 7.61. The predicted octanol–water partition coefficient (Wildman–Crippen LogP) is 3.63. The van der Waals surface area contributed by atoms with Crippen LogP contribution >= 0.6 is 0 Å². The van der Waals surface area contributed by atoms with Gasteiger partial charge < -0.3 is 15.3 Å². The number of allylic oxidation sites excluding steroid dienone is 1. The Morgan fingerprint density at radius 2 is 1.94 bits per heavy atom. The van der Waals surface area contributed by atoms with Gasteiger partial charge in [0.05, 0.1) is 23.7 Å². The van der Waals surface area contributed by atoms with Crippen molar-refractivity contribution in [1.82, 2.24) is 9.78 Å². The van der Waals surface area contributed by atoms with Crippen LogP contribution in [0.3, 0.4) is 0 Å². The fourth-order valence-corrected chi connectivity index (χ4v) is 8.67. The normalized spacial score (nSPS) is 39.8. The van der Waals surface area contributed by atoms with Crippen LogP contribution in [0, 0.1) is 35.5 Å². The van der Waals surface area contributed by atoms with Crippen LogP contribution in [0.1, 0.15) is 62.8 Å². The highest BCUT2D eigenvalue weighted by atomic mass is 16.3. The molecule has 6 rings (SSSR count). The van der Waals surface area contributed by atoms with Crippen molar-refractivity contribution in [1.29, 1.82) is 0 Å². The van der Waals surface area contributed by atoms with Gasteiger partial charge in [-0.2, -0.15) is 5.10 Å². The number of rotatable bonds is 3. The number of aliphatic hydroxyl groups excluding tert-OH is 2.